The predicted octanol–water partition coefficient (Wildman–Crippen LogP) is 3.40. The Morgan fingerprint density at radius 1 is 1.29 bits per heavy atom. The van der Waals surface area contributed by atoms with Gasteiger partial charge in [-0.25, -0.2) is 4.98 Å². The fourth-order valence-electron chi connectivity index (χ4n) is 2.76. The first-order valence-corrected chi connectivity index (χ1v) is 7.10. The average molecular weight is 283 g/mol. The first kappa shape index (κ1) is 13.5. The van der Waals surface area contributed by atoms with Crippen molar-refractivity contribution in [2.75, 3.05) is 5.32 Å². The Hall–Kier alpha value is -2.43. The molecular formula is C16H17N3O2. The zero-order valence-electron chi connectivity index (χ0n) is 11.9. The van der Waals surface area contributed by atoms with Gasteiger partial charge in [-0.3, -0.25) is 10.1 Å². The number of rotatable bonds is 4. The zero-order chi connectivity index (χ0) is 14.8. The molecule has 1 N–H and O–H groups in total. The van der Waals surface area contributed by atoms with Crippen molar-refractivity contribution in [3.05, 3.63) is 62.8 Å². The van der Waals surface area contributed by atoms with E-state index in [0.717, 1.165) is 24.2 Å². The molecule has 0 spiro atoms. The van der Waals surface area contributed by atoms with E-state index in [-0.39, 0.29) is 10.6 Å². The summed E-state index contributed by atoms with van der Waals surface area (Å²) in [6, 6.07) is 9.27. The van der Waals surface area contributed by atoms with Crippen LogP contribution in [-0.4, -0.2) is 9.91 Å². The number of nitrogens with zero attached hydrogens (tertiary/aromatic N) is 2. The normalized spacial score (nSPS) is 13.0. The van der Waals surface area contributed by atoms with E-state index in [1.807, 2.05) is 12.1 Å². The molecule has 5 nitrogen and oxygen atoms in total. The predicted molar refractivity (Wildman–Crippen MR) is 81.4 cm³/mol. The molecule has 0 atom stereocenters. The monoisotopic (exact) mass is 283 g/mol. The first-order valence-electron chi connectivity index (χ1n) is 7.10. The van der Waals surface area contributed by atoms with Gasteiger partial charge in [-0.05, 0) is 43.4 Å². The average Bonchev–Trinajstić information content (AvgIpc) is 2.93. The number of nitrogens with one attached hydrogen (secondary N) is 1. The van der Waals surface area contributed by atoms with Crippen molar-refractivity contribution < 1.29 is 4.92 Å². The molecule has 1 aromatic heterocycles. The number of nitro groups is 1. The number of anilines is 1. The van der Waals surface area contributed by atoms with Crippen LogP contribution in [0.1, 0.15) is 28.8 Å². The molecule has 2 aromatic rings. The van der Waals surface area contributed by atoms with Gasteiger partial charge >= 0.3 is 0 Å². The molecule has 0 fully saturated rings. The second-order valence-corrected chi connectivity index (χ2v) is 5.33. The summed E-state index contributed by atoms with van der Waals surface area (Å²) in [5.41, 5.74) is 4.31. The molecule has 21 heavy (non-hydrogen) atoms. The summed E-state index contributed by atoms with van der Waals surface area (Å²) in [6.07, 6.45) is 3.34. The minimum atomic E-state index is -0.341. The van der Waals surface area contributed by atoms with Gasteiger partial charge in [0.05, 0.1) is 4.92 Å². The van der Waals surface area contributed by atoms with E-state index in [1.54, 1.807) is 13.0 Å². The van der Waals surface area contributed by atoms with Crippen LogP contribution in [0.3, 0.4) is 0 Å². The first-order chi connectivity index (χ1) is 10.1. The molecule has 0 aliphatic heterocycles. The summed E-state index contributed by atoms with van der Waals surface area (Å²) in [4.78, 5) is 15.2. The fraction of sp³-hybridized carbons (Fsp3) is 0.312. The molecule has 0 saturated heterocycles. The second-order valence-electron chi connectivity index (χ2n) is 5.33. The summed E-state index contributed by atoms with van der Waals surface area (Å²) >= 11 is 0. The van der Waals surface area contributed by atoms with E-state index in [1.165, 1.54) is 23.7 Å². The molecule has 0 saturated carbocycles. The van der Waals surface area contributed by atoms with Crippen molar-refractivity contribution in [2.45, 2.75) is 32.7 Å². The third-order valence-corrected chi connectivity index (χ3v) is 4.00. The maximum absolute atomic E-state index is 10.9. The number of nitro benzene ring substituents is 1. The summed E-state index contributed by atoms with van der Waals surface area (Å²) in [6.45, 7) is 2.32. The lowest BCUT2D eigenvalue weighted by Crippen LogP contribution is -2.05. The Bertz CT molecular complexity index is 698. The van der Waals surface area contributed by atoms with Crippen molar-refractivity contribution in [3.8, 4) is 0 Å². The Morgan fingerprint density at radius 2 is 2.14 bits per heavy atom. The van der Waals surface area contributed by atoms with Crippen molar-refractivity contribution in [2.24, 2.45) is 0 Å². The minimum Gasteiger partial charge on any atom is -0.366 e. The highest BCUT2D eigenvalue weighted by Gasteiger charge is 2.14. The van der Waals surface area contributed by atoms with Gasteiger partial charge < -0.3 is 5.32 Å². The van der Waals surface area contributed by atoms with Crippen LogP contribution in [0.4, 0.5) is 11.5 Å². The molecule has 0 amide bonds. The van der Waals surface area contributed by atoms with E-state index in [9.17, 15) is 10.1 Å². The molecule has 1 aromatic carbocycles. The lowest BCUT2D eigenvalue weighted by Gasteiger charge is -2.10. The highest BCUT2D eigenvalue weighted by atomic mass is 16.6. The quantitative estimate of drug-likeness (QED) is 0.689. The van der Waals surface area contributed by atoms with Crippen molar-refractivity contribution in [1.82, 2.24) is 4.98 Å². The van der Waals surface area contributed by atoms with Gasteiger partial charge in [0.1, 0.15) is 5.82 Å². The van der Waals surface area contributed by atoms with Gasteiger partial charge in [0.2, 0.25) is 0 Å². The molecule has 1 heterocycles. The minimum absolute atomic E-state index is 0.163. The molecule has 1 aliphatic rings. The number of hydrogen-bond donors (Lipinski definition) is 1. The Labute approximate surface area is 123 Å². The number of hydrogen-bond acceptors (Lipinski definition) is 4. The lowest BCUT2D eigenvalue weighted by molar-refractivity contribution is -0.385. The molecule has 0 radical (unpaired) electrons. The van der Waals surface area contributed by atoms with Gasteiger partial charge in [-0.15, -0.1) is 0 Å². The second kappa shape index (κ2) is 5.52. The number of benzene rings is 1. The van der Waals surface area contributed by atoms with E-state index in [2.05, 4.69) is 16.4 Å². The third kappa shape index (κ3) is 2.72. The van der Waals surface area contributed by atoms with E-state index in [0.29, 0.717) is 12.1 Å². The lowest BCUT2D eigenvalue weighted by atomic mass is 10.1. The number of aryl methyl sites for hydroxylation is 2. The molecule has 3 rings (SSSR count). The highest BCUT2D eigenvalue weighted by molar-refractivity contribution is 5.47. The van der Waals surface area contributed by atoms with Crippen LogP contribution in [0.5, 0.6) is 0 Å². The van der Waals surface area contributed by atoms with Crippen molar-refractivity contribution >= 4 is 11.5 Å². The Balaban J connectivity index is 1.76. The largest absolute Gasteiger partial charge is 0.366 e. The maximum Gasteiger partial charge on any atom is 0.272 e. The number of pyridine rings is 1. The van der Waals surface area contributed by atoms with E-state index in [4.69, 9.17) is 0 Å². The molecule has 0 unspecified atom stereocenters. The zero-order valence-corrected chi connectivity index (χ0v) is 11.9. The van der Waals surface area contributed by atoms with E-state index < -0.39 is 0 Å². The highest BCUT2D eigenvalue weighted by Crippen LogP contribution is 2.24. The molecular weight excluding hydrogens is 266 g/mol. The van der Waals surface area contributed by atoms with Crippen LogP contribution in [0.15, 0.2) is 30.3 Å². The van der Waals surface area contributed by atoms with Crippen molar-refractivity contribution in [3.63, 3.8) is 0 Å². The smallest absolute Gasteiger partial charge is 0.272 e. The molecule has 0 bridgehead atoms. The van der Waals surface area contributed by atoms with Gasteiger partial charge in [0.25, 0.3) is 5.69 Å². The maximum atomic E-state index is 10.9. The van der Waals surface area contributed by atoms with Crippen LogP contribution >= 0.6 is 0 Å². The van der Waals surface area contributed by atoms with Crippen LogP contribution in [0, 0.1) is 17.0 Å². The molecule has 5 heteroatoms. The van der Waals surface area contributed by atoms with Crippen LogP contribution in [-0.2, 0) is 19.4 Å². The summed E-state index contributed by atoms with van der Waals surface area (Å²) in [7, 11) is 0. The number of fused-ring (bicyclic) bond motifs is 1. The fourth-order valence-corrected chi connectivity index (χ4v) is 2.76. The van der Waals surface area contributed by atoms with Crippen LogP contribution < -0.4 is 5.32 Å². The molecule has 108 valence electrons. The summed E-state index contributed by atoms with van der Waals surface area (Å²) in [5, 5.41) is 14.2. The summed E-state index contributed by atoms with van der Waals surface area (Å²) in [5.74, 6) is 0.835. The van der Waals surface area contributed by atoms with Gasteiger partial charge in [-0.2, -0.15) is 0 Å². The van der Waals surface area contributed by atoms with Gasteiger partial charge in [0, 0.05) is 23.9 Å². The topological polar surface area (TPSA) is 68.1 Å². The number of aromatic nitrogens is 1. The van der Waals surface area contributed by atoms with Gasteiger partial charge in [-0.1, -0.05) is 18.2 Å². The van der Waals surface area contributed by atoms with Crippen LogP contribution in [0.2, 0.25) is 0 Å². The standard InChI is InChI=1S/C16H17N3O2/c1-11-13(5-3-7-15(11)19(20)21)10-17-16-9-8-12-4-2-6-14(12)18-16/h3,5,7-9H,2,4,6,10H2,1H3,(H,17,18). The Morgan fingerprint density at radius 3 is 2.95 bits per heavy atom. The third-order valence-electron chi connectivity index (χ3n) is 4.00. The van der Waals surface area contributed by atoms with E-state index >= 15 is 0 Å². The van der Waals surface area contributed by atoms with Gasteiger partial charge in [0.15, 0.2) is 0 Å². The SMILES string of the molecule is Cc1c(CNc2ccc3c(n2)CCC3)cccc1[N+](=O)[O-]. The Kier molecular flexibility index (Phi) is 3.56. The summed E-state index contributed by atoms with van der Waals surface area (Å²) < 4.78 is 0. The van der Waals surface area contributed by atoms with Crippen LogP contribution in [0.25, 0.3) is 0 Å². The van der Waals surface area contributed by atoms with Crippen molar-refractivity contribution in [1.29, 1.82) is 0 Å². The molecule has 1 aliphatic carbocycles.